The molecule has 1 aliphatic rings. The maximum atomic E-state index is 12.5. The van der Waals surface area contributed by atoms with Crippen molar-refractivity contribution in [3.8, 4) is 0 Å². The lowest BCUT2D eigenvalue weighted by atomic mass is 10.1. The monoisotopic (exact) mass is 340 g/mol. The van der Waals surface area contributed by atoms with Gasteiger partial charge in [0.15, 0.2) is 0 Å². The van der Waals surface area contributed by atoms with Crippen LogP contribution in [0.1, 0.15) is 20.7 Å². The SMILES string of the molecule is COC(=O)c1ccccc1NC(=O)c1ccc(N2CCOCC2)cc1. The minimum absolute atomic E-state index is 0.273. The van der Waals surface area contributed by atoms with Crippen molar-refractivity contribution >= 4 is 23.3 Å². The smallest absolute Gasteiger partial charge is 0.339 e. The van der Waals surface area contributed by atoms with Gasteiger partial charge in [-0.25, -0.2) is 4.79 Å². The highest BCUT2D eigenvalue weighted by Crippen LogP contribution is 2.20. The number of morpholine rings is 1. The van der Waals surface area contributed by atoms with Crippen LogP contribution in [0.5, 0.6) is 0 Å². The molecular formula is C19H20N2O4. The molecule has 0 spiro atoms. The van der Waals surface area contributed by atoms with E-state index in [0.29, 0.717) is 30.0 Å². The summed E-state index contributed by atoms with van der Waals surface area (Å²) in [6.07, 6.45) is 0. The van der Waals surface area contributed by atoms with Crippen molar-refractivity contribution in [3.63, 3.8) is 0 Å². The molecule has 0 atom stereocenters. The molecule has 6 nitrogen and oxygen atoms in total. The average molecular weight is 340 g/mol. The first-order valence-corrected chi connectivity index (χ1v) is 8.10. The van der Waals surface area contributed by atoms with E-state index in [0.717, 1.165) is 18.8 Å². The van der Waals surface area contributed by atoms with E-state index < -0.39 is 5.97 Å². The molecule has 1 fully saturated rings. The van der Waals surface area contributed by atoms with Gasteiger partial charge in [0.2, 0.25) is 0 Å². The van der Waals surface area contributed by atoms with E-state index in [-0.39, 0.29) is 5.91 Å². The number of amides is 1. The molecule has 25 heavy (non-hydrogen) atoms. The second-order valence-electron chi connectivity index (χ2n) is 5.64. The number of rotatable bonds is 4. The Balaban J connectivity index is 1.72. The zero-order valence-electron chi connectivity index (χ0n) is 14.0. The molecule has 1 amide bonds. The van der Waals surface area contributed by atoms with Crippen molar-refractivity contribution in [1.82, 2.24) is 0 Å². The first-order valence-electron chi connectivity index (χ1n) is 8.10. The number of nitrogens with zero attached hydrogens (tertiary/aromatic N) is 1. The summed E-state index contributed by atoms with van der Waals surface area (Å²) in [5, 5.41) is 2.77. The average Bonchev–Trinajstić information content (AvgIpc) is 2.68. The molecule has 130 valence electrons. The number of anilines is 2. The number of para-hydroxylation sites is 1. The molecule has 0 aromatic heterocycles. The van der Waals surface area contributed by atoms with Gasteiger partial charge in [-0.2, -0.15) is 0 Å². The third kappa shape index (κ3) is 3.97. The highest BCUT2D eigenvalue weighted by molar-refractivity contribution is 6.08. The van der Waals surface area contributed by atoms with E-state index in [1.807, 2.05) is 12.1 Å². The second kappa shape index (κ2) is 7.81. The molecule has 0 saturated carbocycles. The fourth-order valence-corrected chi connectivity index (χ4v) is 2.72. The van der Waals surface area contributed by atoms with E-state index in [4.69, 9.17) is 9.47 Å². The number of ether oxygens (including phenoxy) is 2. The molecule has 1 aliphatic heterocycles. The minimum atomic E-state index is -0.487. The van der Waals surface area contributed by atoms with E-state index in [2.05, 4.69) is 10.2 Å². The molecular weight excluding hydrogens is 320 g/mol. The lowest BCUT2D eigenvalue weighted by Gasteiger charge is -2.28. The van der Waals surface area contributed by atoms with Crippen molar-refractivity contribution in [3.05, 3.63) is 59.7 Å². The van der Waals surface area contributed by atoms with Crippen LogP contribution in [-0.4, -0.2) is 45.3 Å². The number of carbonyl (C=O) groups excluding carboxylic acids is 2. The van der Waals surface area contributed by atoms with Gasteiger partial charge in [0.05, 0.1) is 31.6 Å². The molecule has 0 radical (unpaired) electrons. The van der Waals surface area contributed by atoms with Gasteiger partial charge < -0.3 is 19.7 Å². The molecule has 0 bridgehead atoms. The molecule has 3 rings (SSSR count). The Hall–Kier alpha value is -2.86. The lowest BCUT2D eigenvalue weighted by Crippen LogP contribution is -2.36. The number of hydrogen-bond acceptors (Lipinski definition) is 5. The van der Waals surface area contributed by atoms with Gasteiger partial charge in [-0.05, 0) is 36.4 Å². The van der Waals surface area contributed by atoms with Crippen LogP contribution in [-0.2, 0) is 9.47 Å². The highest BCUT2D eigenvalue weighted by atomic mass is 16.5. The van der Waals surface area contributed by atoms with Crippen molar-refractivity contribution in [2.45, 2.75) is 0 Å². The lowest BCUT2D eigenvalue weighted by molar-refractivity contribution is 0.0602. The number of benzene rings is 2. The normalized spacial score (nSPS) is 14.0. The van der Waals surface area contributed by atoms with E-state index in [1.165, 1.54) is 7.11 Å². The summed E-state index contributed by atoms with van der Waals surface area (Å²) in [5.41, 5.74) is 2.34. The molecule has 0 aliphatic carbocycles. The molecule has 2 aromatic carbocycles. The standard InChI is InChI=1S/C19H20N2O4/c1-24-19(23)16-4-2-3-5-17(16)20-18(22)14-6-8-15(9-7-14)21-10-12-25-13-11-21/h2-9H,10-13H2,1H3,(H,20,22). The minimum Gasteiger partial charge on any atom is -0.465 e. The second-order valence-corrected chi connectivity index (χ2v) is 5.64. The van der Waals surface area contributed by atoms with Crippen molar-refractivity contribution < 1.29 is 19.1 Å². The topological polar surface area (TPSA) is 67.9 Å². The van der Waals surface area contributed by atoms with Crippen molar-refractivity contribution in [2.75, 3.05) is 43.6 Å². The van der Waals surface area contributed by atoms with E-state index >= 15 is 0 Å². The van der Waals surface area contributed by atoms with Crippen LogP contribution in [0.2, 0.25) is 0 Å². The van der Waals surface area contributed by atoms with Crippen molar-refractivity contribution in [2.24, 2.45) is 0 Å². The third-order valence-corrected chi connectivity index (χ3v) is 4.09. The number of nitrogens with one attached hydrogen (secondary N) is 1. The largest absolute Gasteiger partial charge is 0.465 e. The van der Waals surface area contributed by atoms with Gasteiger partial charge in [0.1, 0.15) is 0 Å². The van der Waals surface area contributed by atoms with Crippen LogP contribution in [0.25, 0.3) is 0 Å². The zero-order chi connectivity index (χ0) is 17.6. The summed E-state index contributed by atoms with van der Waals surface area (Å²) in [5.74, 6) is -0.761. The van der Waals surface area contributed by atoms with Gasteiger partial charge in [-0.15, -0.1) is 0 Å². The molecule has 1 heterocycles. The van der Waals surface area contributed by atoms with Gasteiger partial charge in [0.25, 0.3) is 5.91 Å². The number of carbonyl (C=O) groups is 2. The Kier molecular flexibility index (Phi) is 5.30. The highest BCUT2D eigenvalue weighted by Gasteiger charge is 2.15. The summed E-state index contributed by atoms with van der Waals surface area (Å²) in [6.45, 7) is 3.12. The molecule has 2 aromatic rings. The first kappa shape index (κ1) is 17.0. The first-order chi connectivity index (χ1) is 12.2. The van der Waals surface area contributed by atoms with Crippen molar-refractivity contribution in [1.29, 1.82) is 0 Å². The van der Waals surface area contributed by atoms with E-state index in [9.17, 15) is 9.59 Å². The zero-order valence-corrected chi connectivity index (χ0v) is 14.0. The number of esters is 1. The number of hydrogen-bond donors (Lipinski definition) is 1. The van der Waals surface area contributed by atoms with Gasteiger partial charge in [0, 0.05) is 24.3 Å². The van der Waals surface area contributed by atoms with Crippen LogP contribution in [0.15, 0.2) is 48.5 Å². The Morgan fingerprint density at radius 2 is 1.72 bits per heavy atom. The van der Waals surface area contributed by atoms with Gasteiger partial charge in [-0.3, -0.25) is 4.79 Å². The summed E-state index contributed by atoms with van der Waals surface area (Å²) >= 11 is 0. The maximum absolute atomic E-state index is 12.5. The van der Waals surface area contributed by atoms with Crippen LogP contribution in [0, 0.1) is 0 Å². The van der Waals surface area contributed by atoms with Gasteiger partial charge >= 0.3 is 5.97 Å². The molecule has 6 heteroatoms. The quantitative estimate of drug-likeness (QED) is 0.867. The van der Waals surface area contributed by atoms with Crippen LogP contribution >= 0.6 is 0 Å². The summed E-state index contributed by atoms with van der Waals surface area (Å²) < 4.78 is 10.1. The predicted octanol–water partition coefficient (Wildman–Crippen LogP) is 2.56. The predicted molar refractivity (Wildman–Crippen MR) is 95.2 cm³/mol. The molecule has 1 saturated heterocycles. The summed E-state index contributed by atoms with van der Waals surface area (Å²) in [7, 11) is 1.31. The van der Waals surface area contributed by atoms with Gasteiger partial charge in [-0.1, -0.05) is 12.1 Å². The summed E-state index contributed by atoms with van der Waals surface area (Å²) in [6, 6.07) is 14.2. The summed E-state index contributed by atoms with van der Waals surface area (Å²) in [4.78, 5) is 26.5. The third-order valence-electron chi connectivity index (χ3n) is 4.09. The maximum Gasteiger partial charge on any atom is 0.339 e. The van der Waals surface area contributed by atoms with Crippen LogP contribution < -0.4 is 10.2 Å². The Morgan fingerprint density at radius 1 is 1.04 bits per heavy atom. The Bertz CT molecular complexity index is 752. The fraction of sp³-hybridized carbons (Fsp3) is 0.263. The Morgan fingerprint density at radius 3 is 2.40 bits per heavy atom. The van der Waals surface area contributed by atoms with E-state index in [1.54, 1.807) is 36.4 Å². The number of methoxy groups -OCH3 is 1. The molecule has 0 unspecified atom stereocenters. The molecule has 1 N–H and O–H groups in total. The Labute approximate surface area is 146 Å². The van der Waals surface area contributed by atoms with Crippen LogP contribution in [0.3, 0.4) is 0 Å². The van der Waals surface area contributed by atoms with Crippen LogP contribution in [0.4, 0.5) is 11.4 Å². The fourth-order valence-electron chi connectivity index (χ4n) is 2.72.